The van der Waals surface area contributed by atoms with Gasteiger partial charge in [0, 0.05) is 44.0 Å². The monoisotopic (exact) mass is 386 g/mol. The van der Waals surface area contributed by atoms with Crippen LogP contribution in [0.15, 0.2) is 45.8 Å². The van der Waals surface area contributed by atoms with Gasteiger partial charge in [-0.3, -0.25) is 4.79 Å². The minimum atomic E-state index is -0.538. The minimum Gasteiger partial charge on any atom is -0.324 e. The largest absolute Gasteiger partial charge is 0.324 e. The number of piperidine rings is 1. The highest BCUT2D eigenvalue weighted by molar-refractivity contribution is 5.54. The van der Waals surface area contributed by atoms with Gasteiger partial charge in [0.05, 0.1) is 0 Å². The van der Waals surface area contributed by atoms with E-state index in [1.807, 2.05) is 4.90 Å². The molecule has 0 radical (unpaired) electrons. The predicted molar refractivity (Wildman–Crippen MR) is 100.0 cm³/mol. The Morgan fingerprint density at radius 2 is 1.86 bits per heavy atom. The van der Waals surface area contributed by atoms with Crippen LogP contribution in [-0.4, -0.2) is 27.8 Å². The summed E-state index contributed by atoms with van der Waals surface area (Å²) in [4.78, 5) is 18.0. The second-order valence-corrected chi connectivity index (χ2v) is 7.18. The van der Waals surface area contributed by atoms with Crippen molar-refractivity contribution in [2.45, 2.75) is 19.3 Å². The van der Waals surface area contributed by atoms with Crippen LogP contribution in [0.4, 0.5) is 14.8 Å². The summed E-state index contributed by atoms with van der Waals surface area (Å²) in [5.74, 6) is -0.292. The maximum atomic E-state index is 13.4. The maximum Gasteiger partial charge on any atom is 0.324 e. The van der Waals surface area contributed by atoms with E-state index < -0.39 is 11.6 Å². The molecule has 8 heteroatoms. The molecule has 1 fully saturated rings. The number of anilines is 1. The lowest BCUT2D eigenvalue weighted by Gasteiger charge is -2.30. The van der Waals surface area contributed by atoms with Crippen LogP contribution in [0, 0.1) is 17.6 Å². The smallest absolute Gasteiger partial charge is 0.324 e. The molecule has 1 aliphatic heterocycles. The summed E-state index contributed by atoms with van der Waals surface area (Å²) in [7, 11) is 1.67. The summed E-state index contributed by atoms with van der Waals surface area (Å²) in [6.45, 7) is 1.47. The van der Waals surface area contributed by atoms with Gasteiger partial charge in [0.1, 0.15) is 11.6 Å². The molecule has 1 saturated heterocycles. The highest BCUT2D eigenvalue weighted by Crippen LogP contribution is 2.26. The predicted octanol–water partition coefficient (Wildman–Crippen LogP) is 3.17. The van der Waals surface area contributed by atoms with Gasteiger partial charge < -0.3 is 14.0 Å². The fourth-order valence-corrected chi connectivity index (χ4v) is 3.58. The Balaban J connectivity index is 1.39. The lowest BCUT2D eigenvalue weighted by Crippen LogP contribution is -2.34. The van der Waals surface area contributed by atoms with Gasteiger partial charge in [-0.2, -0.15) is 4.98 Å². The zero-order chi connectivity index (χ0) is 19.7. The van der Waals surface area contributed by atoms with Crippen LogP contribution in [0.5, 0.6) is 0 Å². The Bertz CT molecular complexity index is 1020. The van der Waals surface area contributed by atoms with E-state index in [1.165, 1.54) is 22.8 Å². The van der Waals surface area contributed by atoms with E-state index in [1.54, 1.807) is 19.3 Å². The molecule has 4 rings (SSSR count). The standard InChI is InChI=1S/C20H20F2N4O2/c1-25-12-15(2-3-18(25)27)19-23-20(28-24-19)26-6-4-13(5-7-26)8-14-9-16(21)11-17(22)10-14/h2-3,9-13H,4-8H2,1H3. The van der Waals surface area contributed by atoms with Gasteiger partial charge >= 0.3 is 6.01 Å². The third kappa shape index (κ3) is 3.95. The number of hydrogen-bond acceptors (Lipinski definition) is 5. The summed E-state index contributed by atoms with van der Waals surface area (Å²) in [5, 5.41) is 4.01. The molecule has 3 heterocycles. The highest BCUT2D eigenvalue weighted by atomic mass is 19.1. The first-order chi connectivity index (χ1) is 13.5. The molecular weight excluding hydrogens is 366 g/mol. The van der Waals surface area contributed by atoms with Gasteiger partial charge in [0.2, 0.25) is 11.4 Å². The van der Waals surface area contributed by atoms with Gasteiger partial charge in [-0.15, -0.1) is 0 Å². The van der Waals surface area contributed by atoms with Gasteiger partial charge in [0.25, 0.3) is 0 Å². The highest BCUT2D eigenvalue weighted by Gasteiger charge is 2.24. The average Bonchev–Trinajstić information content (AvgIpc) is 3.14. The van der Waals surface area contributed by atoms with E-state index >= 15 is 0 Å². The van der Waals surface area contributed by atoms with E-state index in [0.717, 1.165) is 32.0 Å². The van der Waals surface area contributed by atoms with Crippen molar-refractivity contribution < 1.29 is 13.3 Å². The first-order valence-corrected chi connectivity index (χ1v) is 9.18. The van der Waals surface area contributed by atoms with Crippen molar-refractivity contribution >= 4 is 6.01 Å². The fraction of sp³-hybridized carbons (Fsp3) is 0.350. The Morgan fingerprint density at radius 3 is 2.54 bits per heavy atom. The molecule has 6 nitrogen and oxygen atoms in total. The van der Waals surface area contributed by atoms with Gasteiger partial charge in [-0.05, 0) is 48.9 Å². The van der Waals surface area contributed by atoms with Crippen molar-refractivity contribution in [3.8, 4) is 11.4 Å². The molecule has 0 N–H and O–H groups in total. The molecule has 0 amide bonds. The number of aromatic nitrogens is 3. The Kier molecular flexibility index (Phi) is 4.93. The third-order valence-electron chi connectivity index (χ3n) is 5.09. The van der Waals surface area contributed by atoms with Crippen LogP contribution in [0.2, 0.25) is 0 Å². The van der Waals surface area contributed by atoms with Gasteiger partial charge in [0.15, 0.2) is 0 Å². The van der Waals surface area contributed by atoms with E-state index in [2.05, 4.69) is 10.1 Å². The normalized spacial score (nSPS) is 15.2. The molecule has 1 aromatic carbocycles. The zero-order valence-electron chi connectivity index (χ0n) is 15.4. The molecular formula is C20H20F2N4O2. The Morgan fingerprint density at radius 1 is 1.14 bits per heavy atom. The molecule has 146 valence electrons. The Hall–Kier alpha value is -3.03. The second kappa shape index (κ2) is 7.53. The summed E-state index contributed by atoms with van der Waals surface area (Å²) >= 11 is 0. The van der Waals surface area contributed by atoms with E-state index in [4.69, 9.17) is 4.52 Å². The van der Waals surface area contributed by atoms with Crippen molar-refractivity contribution in [2.75, 3.05) is 18.0 Å². The van der Waals surface area contributed by atoms with E-state index in [-0.39, 0.29) is 5.56 Å². The number of aryl methyl sites for hydroxylation is 1. The topological polar surface area (TPSA) is 64.2 Å². The van der Waals surface area contributed by atoms with E-state index in [0.29, 0.717) is 35.3 Å². The van der Waals surface area contributed by atoms with Crippen LogP contribution >= 0.6 is 0 Å². The number of hydrogen-bond donors (Lipinski definition) is 0. The molecule has 0 bridgehead atoms. The molecule has 0 aliphatic carbocycles. The van der Waals surface area contributed by atoms with Crippen molar-refractivity contribution in [1.29, 1.82) is 0 Å². The molecule has 3 aromatic rings. The molecule has 0 unspecified atom stereocenters. The first-order valence-electron chi connectivity index (χ1n) is 9.18. The Labute approximate surface area is 160 Å². The first kappa shape index (κ1) is 18.3. The lowest BCUT2D eigenvalue weighted by molar-refractivity contribution is 0.362. The SMILES string of the molecule is Cn1cc(-c2noc(N3CCC(Cc4cc(F)cc(F)c4)CC3)n2)ccc1=O. The number of pyridine rings is 1. The second-order valence-electron chi connectivity index (χ2n) is 7.18. The minimum absolute atomic E-state index is 0.104. The number of halogens is 2. The molecule has 2 aromatic heterocycles. The van der Waals surface area contributed by atoms with Crippen molar-refractivity contribution in [2.24, 2.45) is 13.0 Å². The summed E-state index contributed by atoms with van der Waals surface area (Å²) in [6, 6.07) is 7.26. The third-order valence-corrected chi connectivity index (χ3v) is 5.09. The fourth-order valence-electron chi connectivity index (χ4n) is 3.58. The summed E-state index contributed by atoms with van der Waals surface area (Å²) < 4.78 is 33.6. The van der Waals surface area contributed by atoms with E-state index in [9.17, 15) is 13.6 Å². The van der Waals surface area contributed by atoms with Gasteiger partial charge in [-0.1, -0.05) is 5.16 Å². The quantitative estimate of drug-likeness (QED) is 0.689. The zero-order valence-corrected chi connectivity index (χ0v) is 15.4. The van der Waals surface area contributed by atoms with Gasteiger partial charge in [-0.25, -0.2) is 8.78 Å². The lowest BCUT2D eigenvalue weighted by atomic mass is 9.90. The molecule has 0 saturated carbocycles. The number of nitrogens with zero attached hydrogens (tertiary/aromatic N) is 4. The molecule has 1 aliphatic rings. The summed E-state index contributed by atoms with van der Waals surface area (Å²) in [5.41, 5.74) is 1.29. The van der Waals surface area contributed by atoms with Crippen LogP contribution in [-0.2, 0) is 13.5 Å². The van der Waals surface area contributed by atoms with Crippen molar-refractivity contribution in [1.82, 2.24) is 14.7 Å². The van der Waals surface area contributed by atoms with Crippen LogP contribution < -0.4 is 10.5 Å². The van der Waals surface area contributed by atoms with Crippen LogP contribution in [0.1, 0.15) is 18.4 Å². The molecule has 28 heavy (non-hydrogen) atoms. The van der Waals surface area contributed by atoms with Crippen molar-refractivity contribution in [3.05, 3.63) is 64.1 Å². The average molecular weight is 386 g/mol. The maximum absolute atomic E-state index is 13.4. The molecule has 0 spiro atoms. The van der Waals surface area contributed by atoms with Crippen LogP contribution in [0.25, 0.3) is 11.4 Å². The van der Waals surface area contributed by atoms with Crippen molar-refractivity contribution in [3.63, 3.8) is 0 Å². The summed E-state index contributed by atoms with van der Waals surface area (Å²) in [6.07, 6.45) is 4.06. The number of rotatable bonds is 4. The van der Waals surface area contributed by atoms with Crippen LogP contribution in [0.3, 0.4) is 0 Å². The number of benzene rings is 1. The molecule has 0 atom stereocenters.